The molecular formula is C13H22N2O2S2. The summed E-state index contributed by atoms with van der Waals surface area (Å²) in [5.41, 5.74) is 0. The van der Waals surface area contributed by atoms with Crippen molar-refractivity contribution in [1.82, 2.24) is 9.21 Å². The normalized spacial score (nSPS) is 19.5. The molecule has 1 saturated heterocycles. The van der Waals surface area contributed by atoms with E-state index in [0.717, 1.165) is 47.6 Å². The highest BCUT2D eigenvalue weighted by Crippen LogP contribution is 2.31. The van der Waals surface area contributed by atoms with Crippen molar-refractivity contribution in [3.8, 4) is 5.75 Å². The van der Waals surface area contributed by atoms with Crippen LogP contribution in [0.2, 0.25) is 0 Å². The van der Waals surface area contributed by atoms with Crippen LogP contribution in [0.15, 0.2) is 10.3 Å². The molecule has 0 bridgehead atoms. The topological polar surface area (TPSA) is 32.8 Å². The Balaban J connectivity index is 2.02. The Morgan fingerprint density at radius 3 is 2.58 bits per heavy atom. The minimum Gasteiger partial charge on any atom is -0.493 e. The molecular weight excluding hydrogens is 280 g/mol. The molecule has 0 spiro atoms. The maximum atomic E-state index is 12.5. The number of nitrogens with zero attached hydrogens (tertiary/aromatic N) is 2. The summed E-state index contributed by atoms with van der Waals surface area (Å²) in [4.78, 5) is 3.50. The van der Waals surface area contributed by atoms with E-state index in [1.807, 2.05) is 19.9 Å². The molecule has 0 aromatic carbocycles. The van der Waals surface area contributed by atoms with Gasteiger partial charge in [0.1, 0.15) is 20.9 Å². The van der Waals surface area contributed by atoms with E-state index in [9.17, 15) is 4.21 Å². The molecule has 0 aliphatic carbocycles. The molecule has 1 aliphatic rings. The number of thiophene rings is 1. The monoisotopic (exact) mass is 302 g/mol. The molecule has 1 aromatic rings. The zero-order valence-electron chi connectivity index (χ0n) is 11.8. The molecule has 0 saturated carbocycles. The van der Waals surface area contributed by atoms with Crippen molar-refractivity contribution >= 4 is 22.3 Å². The predicted molar refractivity (Wildman–Crippen MR) is 80.3 cm³/mol. The van der Waals surface area contributed by atoms with Gasteiger partial charge in [0.25, 0.3) is 0 Å². The van der Waals surface area contributed by atoms with E-state index < -0.39 is 11.0 Å². The van der Waals surface area contributed by atoms with Crippen LogP contribution in [-0.4, -0.2) is 52.7 Å². The van der Waals surface area contributed by atoms with Crippen molar-refractivity contribution in [3.63, 3.8) is 0 Å². The zero-order chi connectivity index (χ0) is 13.8. The van der Waals surface area contributed by atoms with Gasteiger partial charge in [-0.3, -0.25) is 0 Å². The molecule has 2 heterocycles. The lowest BCUT2D eigenvalue weighted by Crippen LogP contribution is -2.46. The third-order valence-electron chi connectivity index (χ3n) is 3.33. The molecule has 4 nitrogen and oxygen atoms in total. The number of rotatable bonds is 5. The molecule has 1 atom stereocenters. The van der Waals surface area contributed by atoms with Crippen LogP contribution in [0.3, 0.4) is 0 Å². The summed E-state index contributed by atoms with van der Waals surface area (Å²) in [5, 5.41) is 0. The average Bonchev–Trinajstić information content (AvgIpc) is 2.80. The van der Waals surface area contributed by atoms with Gasteiger partial charge < -0.3 is 9.64 Å². The number of likely N-dealkylation sites (N-methyl/N-ethyl adjacent to an activating group) is 1. The van der Waals surface area contributed by atoms with Gasteiger partial charge in [-0.15, -0.1) is 11.3 Å². The van der Waals surface area contributed by atoms with E-state index in [1.165, 1.54) is 0 Å². The quantitative estimate of drug-likeness (QED) is 0.835. The van der Waals surface area contributed by atoms with Gasteiger partial charge in [0.15, 0.2) is 0 Å². The van der Waals surface area contributed by atoms with Crippen molar-refractivity contribution in [1.29, 1.82) is 0 Å². The van der Waals surface area contributed by atoms with Crippen LogP contribution in [-0.2, 0) is 11.0 Å². The van der Waals surface area contributed by atoms with Crippen LogP contribution in [0.4, 0.5) is 0 Å². The molecule has 2 rings (SSSR count). The molecule has 6 heteroatoms. The Bertz CT molecular complexity index is 440. The summed E-state index contributed by atoms with van der Waals surface area (Å²) in [7, 11) is -1.03. The van der Waals surface area contributed by atoms with Gasteiger partial charge in [-0.2, -0.15) is 0 Å². The Morgan fingerprint density at radius 2 is 2.00 bits per heavy atom. The summed E-state index contributed by atoms with van der Waals surface area (Å²) in [6.45, 7) is 11.6. The standard InChI is InChI=1S/C13H22N2O2S2/c1-4-14-6-8-15(9-7-14)19(16)13-10-12(17-5-2)11(3)18-13/h10H,4-9H2,1-3H3. The third kappa shape index (κ3) is 3.56. The number of piperazine rings is 1. The summed E-state index contributed by atoms with van der Waals surface area (Å²) >= 11 is 1.58. The number of ether oxygens (including phenoxy) is 1. The zero-order valence-corrected chi connectivity index (χ0v) is 13.5. The Labute approximate surface area is 121 Å². The molecule has 0 radical (unpaired) electrons. The molecule has 0 N–H and O–H groups in total. The first-order valence-corrected chi connectivity index (χ1v) is 8.70. The minimum atomic E-state index is -1.03. The van der Waals surface area contributed by atoms with Gasteiger partial charge >= 0.3 is 0 Å². The number of aryl methyl sites for hydroxylation is 1. The maximum absolute atomic E-state index is 12.5. The van der Waals surface area contributed by atoms with Crippen LogP contribution in [0.5, 0.6) is 5.75 Å². The van der Waals surface area contributed by atoms with Crippen molar-refractivity contribution in [2.24, 2.45) is 0 Å². The number of hydrogen-bond acceptors (Lipinski definition) is 4. The number of hydrogen-bond donors (Lipinski definition) is 0. The highest BCUT2D eigenvalue weighted by Gasteiger charge is 2.23. The van der Waals surface area contributed by atoms with Gasteiger partial charge in [0.05, 0.1) is 6.61 Å². The second-order valence-corrected chi connectivity index (χ2v) is 7.50. The fraction of sp³-hybridized carbons (Fsp3) is 0.692. The summed E-state index contributed by atoms with van der Waals surface area (Å²) in [6.07, 6.45) is 0. The minimum absolute atomic E-state index is 0.652. The van der Waals surface area contributed by atoms with E-state index in [0.29, 0.717) is 6.61 Å². The lowest BCUT2D eigenvalue weighted by atomic mass is 10.4. The first-order chi connectivity index (χ1) is 9.15. The Hall–Kier alpha value is -0.430. The van der Waals surface area contributed by atoms with E-state index in [-0.39, 0.29) is 0 Å². The molecule has 1 aliphatic heterocycles. The van der Waals surface area contributed by atoms with Gasteiger partial charge in [-0.25, -0.2) is 8.51 Å². The Kier molecular flexibility index (Phi) is 5.38. The molecule has 0 amide bonds. The van der Waals surface area contributed by atoms with E-state index in [4.69, 9.17) is 4.74 Å². The predicted octanol–water partition coefficient (Wildman–Crippen LogP) is 2.12. The summed E-state index contributed by atoms with van der Waals surface area (Å²) < 4.78 is 21.0. The highest BCUT2D eigenvalue weighted by molar-refractivity contribution is 7.85. The van der Waals surface area contributed by atoms with E-state index in [1.54, 1.807) is 11.3 Å². The third-order valence-corrected chi connectivity index (χ3v) is 6.13. The first kappa shape index (κ1) is 15.0. The molecule has 19 heavy (non-hydrogen) atoms. The fourth-order valence-electron chi connectivity index (χ4n) is 2.16. The molecule has 1 aromatic heterocycles. The van der Waals surface area contributed by atoms with Crippen LogP contribution in [0, 0.1) is 6.92 Å². The Morgan fingerprint density at radius 1 is 1.32 bits per heavy atom. The average molecular weight is 302 g/mol. The molecule has 1 unspecified atom stereocenters. The summed E-state index contributed by atoms with van der Waals surface area (Å²) in [6, 6.07) is 1.94. The second-order valence-electron chi connectivity index (χ2n) is 4.53. The molecule has 1 fully saturated rings. The van der Waals surface area contributed by atoms with Crippen molar-refractivity contribution < 1.29 is 8.95 Å². The van der Waals surface area contributed by atoms with Crippen molar-refractivity contribution in [2.45, 2.75) is 25.0 Å². The van der Waals surface area contributed by atoms with Gasteiger partial charge in [-0.1, -0.05) is 6.92 Å². The lowest BCUT2D eigenvalue weighted by molar-refractivity contribution is 0.201. The largest absolute Gasteiger partial charge is 0.493 e. The SMILES string of the molecule is CCOc1cc(S(=O)N2CCN(CC)CC2)sc1C. The molecule has 108 valence electrons. The smallest absolute Gasteiger partial charge is 0.138 e. The van der Waals surface area contributed by atoms with Crippen LogP contribution >= 0.6 is 11.3 Å². The second kappa shape index (κ2) is 6.83. The summed E-state index contributed by atoms with van der Waals surface area (Å²) in [5.74, 6) is 0.878. The first-order valence-electron chi connectivity index (χ1n) is 6.78. The van der Waals surface area contributed by atoms with Crippen LogP contribution in [0.1, 0.15) is 18.7 Å². The van der Waals surface area contributed by atoms with Gasteiger partial charge in [0.2, 0.25) is 0 Å². The lowest BCUT2D eigenvalue weighted by Gasteiger charge is -2.32. The highest BCUT2D eigenvalue weighted by atomic mass is 32.2. The van der Waals surface area contributed by atoms with Gasteiger partial charge in [-0.05, 0) is 20.4 Å². The van der Waals surface area contributed by atoms with E-state index in [2.05, 4.69) is 16.1 Å². The van der Waals surface area contributed by atoms with Crippen molar-refractivity contribution in [3.05, 3.63) is 10.9 Å². The van der Waals surface area contributed by atoms with Crippen molar-refractivity contribution in [2.75, 3.05) is 39.3 Å². The van der Waals surface area contributed by atoms with Crippen LogP contribution < -0.4 is 4.74 Å². The maximum Gasteiger partial charge on any atom is 0.138 e. The van der Waals surface area contributed by atoms with E-state index >= 15 is 0 Å². The van der Waals surface area contributed by atoms with Crippen LogP contribution in [0.25, 0.3) is 0 Å². The fourth-order valence-corrected chi connectivity index (χ4v) is 4.78. The van der Waals surface area contributed by atoms with Gasteiger partial charge in [0, 0.05) is 37.1 Å².